The molecule has 0 unspecified atom stereocenters. The second-order valence-corrected chi connectivity index (χ2v) is 3.25. The van der Waals surface area contributed by atoms with E-state index in [-0.39, 0.29) is 0 Å². The van der Waals surface area contributed by atoms with Gasteiger partial charge in [0.05, 0.1) is 0 Å². The van der Waals surface area contributed by atoms with Gasteiger partial charge < -0.3 is 0 Å². The van der Waals surface area contributed by atoms with E-state index in [1.807, 2.05) is 12.1 Å². The lowest BCUT2D eigenvalue weighted by atomic mass is 10.1. The van der Waals surface area contributed by atoms with Gasteiger partial charge in [0, 0.05) is 11.6 Å². The minimum absolute atomic E-state index is 0.534. The molecular formula is C11H6N2. The van der Waals surface area contributed by atoms with Gasteiger partial charge in [0.1, 0.15) is 11.8 Å². The van der Waals surface area contributed by atoms with Crippen LogP contribution in [0.3, 0.4) is 0 Å². The van der Waals surface area contributed by atoms with Gasteiger partial charge in [-0.25, -0.2) is 4.98 Å². The Morgan fingerprint density at radius 2 is 2.15 bits per heavy atom. The average Bonchev–Trinajstić information content (AvgIpc) is 2.95. The van der Waals surface area contributed by atoms with Crippen molar-refractivity contribution in [1.29, 1.82) is 5.26 Å². The van der Waals surface area contributed by atoms with Gasteiger partial charge in [0.15, 0.2) is 0 Å². The number of hydrogen-bond donors (Lipinski definition) is 0. The van der Waals surface area contributed by atoms with Gasteiger partial charge in [0.2, 0.25) is 0 Å². The van der Waals surface area contributed by atoms with Crippen LogP contribution in [-0.2, 0) is 6.42 Å². The summed E-state index contributed by atoms with van der Waals surface area (Å²) in [6, 6.07) is 8.17. The number of fused-ring (bicyclic) bond motifs is 3. The highest BCUT2D eigenvalue weighted by Gasteiger charge is 2.20. The first kappa shape index (κ1) is 6.62. The summed E-state index contributed by atoms with van der Waals surface area (Å²) in [4.78, 5) is 4.03. The van der Waals surface area contributed by atoms with Crippen LogP contribution in [-0.4, -0.2) is 4.98 Å². The van der Waals surface area contributed by atoms with E-state index in [4.69, 9.17) is 5.26 Å². The van der Waals surface area contributed by atoms with E-state index in [9.17, 15) is 0 Å². The topological polar surface area (TPSA) is 36.7 Å². The monoisotopic (exact) mass is 166 g/mol. The van der Waals surface area contributed by atoms with Gasteiger partial charge in [-0.05, 0) is 29.0 Å². The third-order valence-corrected chi connectivity index (χ3v) is 2.50. The second kappa shape index (κ2) is 2.08. The van der Waals surface area contributed by atoms with Crippen LogP contribution in [0.4, 0.5) is 0 Å². The molecule has 0 spiro atoms. The Kier molecular flexibility index (Phi) is 1.06. The highest BCUT2D eigenvalue weighted by Crippen LogP contribution is 2.35. The lowest BCUT2D eigenvalue weighted by Crippen LogP contribution is -1.83. The molecule has 0 N–H and O–H groups in total. The summed E-state index contributed by atoms with van der Waals surface area (Å²) in [6.07, 6.45) is 2.79. The molecule has 60 valence electrons. The van der Waals surface area contributed by atoms with Crippen LogP contribution in [0, 0.1) is 11.3 Å². The summed E-state index contributed by atoms with van der Waals surface area (Å²) >= 11 is 0. The predicted molar refractivity (Wildman–Crippen MR) is 49.3 cm³/mol. The van der Waals surface area contributed by atoms with E-state index >= 15 is 0 Å². The maximum atomic E-state index is 8.83. The zero-order valence-electron chi connectivity index (χ0n) is 6.91. The molecule has 0 aliphatic heterocycles. The fourth-order valence-electron chi connectivity index (χ4n) is 1.75. The first-order valence-electron chi connectivity index (χ1n) is 4.20. The van der Waals surface area contributed by atoms with E-state index < -0.39 is 0 Å². The Labute approximate surface area is 75.4 Å². The first-order chi connectivity index (χ1) is 6.40. The van der Waals surface area contributed by atoms with Crippen molar-refractivity contribution in [2.45, 2.75) is 6.42 Å². The molecule has 2 aromatic rings. The van der Waals surface area contributed by atoms with Gasteiger partial charge in [-0.2, -0.15) is 5.26 Å². The molecule has 1 aliphatic carbocycles. The van der Waals surface area contributed by atoms with Crippen molar-refractivity contribution in [3.63, 3.8) is 0 Å². The average molecular weight is 166 g/mol. The Balaban J connectivity index is 2.52. The zero-order chi connectivity index (χ0) is 8.84. The Hall–Kier alpha value is -1.88. The Morgan fingerprint density at radius 1 is 1.23 bits per heavy atom. The largest absolute Gasteiger partial charge is 0.245 e. The highest BCUT2D eigenvalue weighted by atomic mass is 14.7. The number of benzene rings is 1. The summed E-state index contributed by atoms with van der Waals surface area (Å²) in [7, 11) is 0. The molecule has 1 aromatic carbocycles. The fourth-order valence-corrected chi connectivity index (χ4v) is 1.75. The van der Waals surface area contributed by atoms with Crippen LogP contribution in [0.2, 0.25) is 0 Å². The van der Waals surface area contributed by atoms with Crippen molar-refractivity contribution in [3.05, 3.63) is 41.2 Å². The van der Waals surface area contributed by atoms with Crippen LogP contribution in [0.1, 0.15) is 16.8 Å². The van der Waals surface area contributed by atoms with Gasteiger partial charge >= 0.3 is 0 Å². The third kappa shape index (κ3) is 0.787. The van der Waals surface area contributed by atoms with Crippen molar-refractivity contribution in [2.75, 3.05) is 0 Å². The minimum Gasteiger partial charge on any atom is -0.245 e. The lowest BCUT2D eigenvalue weighted by molar-refractivity contribution is 1.30. The van der Waals surface area contributed by atoms with E-state index in [0.29, 0.717) is 5.69 Å². The number of nitrogens with zero attached hydrogens (tertiary/aromatic N) is 2. The molecule has 1 aromatic heterocycles. The summed E-state index contributed by atoms with van der Waals surface area (Å²) in [5, 5.41) is 11.0. The van der Waals surface area contributed by atoms with Crippen molar-refractivity contribution in [3.8, 4) is 6.07 Å². The van der Waals surface area contributed by atoms with Crippen molar-refractivity contribution in [2.24, 2.45) is 0 Å². The zero-order valence-corrected chi connectivity index (χ0v) is 6.91. The molecule has 0 amide bonds. The van der Waals surface area contributed by atoms with E-state index in [2.05, 4.69) is 17.1 Å². The predicted octanol–water partition coefficient (Wildman–Crippen LogP) is 2.01. The van der Waals surface area contributed by atoms with Crippen molar-refractivity contribution in [1.82, 2.24) is 4.98 Å². The second-order valence-electron chi connectivity index (χ2n) is 3.25. The van der Waals surface area contributed by atoms with E-state index in [0.717, 1.165) is 11.8 Å². The highest BCUT2D eigenvalue weighted by molar-refractivity contribution is 5.93. The van der Waals surface area contributed by atoms with Crippen LogP contribution < -0.4 is 0 Å². The van der Waals surface area contributed by atoms with Crippen molar-refractivity contribution < 1.29 is 0 Å². The molecule has 0 radical (unpaired) electrons. The summed E-state index contributed by atoms with van der Waals surface area (Å²) in [5.41, 5.74) is 3.33. The molecule has 1 aliphatic rings. The van der Waals surface area contributed by atoms with E-state index in [1.54, 1.807) is 6.20 Å². The van der Waals surface area contributed by atoms with Gasteiger partial charge in [-0.1, -0.05) is 12.1 Å². The minimum atomic E-state index is 0.534. The third-order valence-electron chi connectivity index (χ3n) is 2.50. The number of aromatic nitrogens is 1. The molecule has 2 nitrogen and oxygen atoms in total. The van der Waals surface area contributed by atoms with Gasteiger partial charge in [-0.15, -0.1) is 0 Å². The number of pyridine rings is 1. The van der Waals surface area contributed by atoms with Gasteiger partial charge in [0.25, 0.3) is 0 Å². The smallest absolute Gasteiger partial charge is 0.148 e. The molecule has 3 rings (SSSR count). The van der Waals surface area contributed by atoms with E-state index in [1.165, 1.54) is 16.5 Å². The molecule has 13 heavy (non-hydrogen) atoms. The SMILES string of the molecule is N#Cc1nccc2c3c(ccc12)C3. The molecule has 0 bridgehead atoms. The van der Waals surface area contributed by atoms with Crippen LogP contribution in [0.5, 0.6) is 0 Å². The molecule has 1 heterocycles. The Bertz CT molecular complexity index is 550. The molecule has 0 saturated heterocycles. The first-order valence-corrected chi connectivity index (χ1v) is 4.20. The number of hydrogen-bond acceptors (Lipinski definition) is 2. The normalized spacial score (nSPS) is 12.2. The summed E-state index contributed by atoms with van der Waals surface area (Å²) in [5.74, 6) is 0. The maximum Gasteiger partial charge on any atom is 0.148 e. The van der Waals surface area contributed by atoms with Crippen molar-refractivity contribution >= 4 is 10.8 Å². The number of nitriles is 1. The Morgan fingerprint density at radius 3 is 3.00 bits per heavy atom. The molecule has 0 atom stereocenters. The molecule has 0 saturated carbocycles. The van der Waals surface area contributed by atoms with Crippen LogP contribution in [0.15, 0.2) is 24.4 Å². The molecule has 2 heteroatoms. The molecule has 0 fully saturated rings. The summed E-state index contributed by atoms with van der Waals surface area (Å²) in [6.45, 7) is 0. The number of rotatable bonds is 0. The summed E-state index contributed by atoms with van der Waals surface area (Å²) < 4.78 is 0. The lowest BCUT2D eigenvalue weighted by Gasteiger charge is -1.96. The maximum absolute atomic E-state index is 8.83. The van der Waals surface area contributed by atoms with Crippen LogP contribution >= 0.6 is 0 Å². The quantitative estimate of drug-likeness (QED) is 0.512. The fraction of sp³-hybridized carbons (Fsp3) is 0.0909. The van der Waals surface area contributed by atoms with Crippen LogP contribution in [0.25, 0.3) is 10.8 Å². The molecular weight excluding hydrogens is 160 g/mol. The van der Waals surface area contributed by atoms with Gasteiger partial charge in [-0.3, -0.25) is 0 Å². The standard InChI is InChI=1S/C11H6N2/c12-6-11-9-2-1-7-5-10(7)8(9)3-4-13-11/h1-4H,5H2.